The molecule has 4 rings (SSSR count). The first kappa shape index (κ1) is 20.0. The minimum Gasteiger partial charge on any atom is -0.497 e. The number of ether oxygens (including phenoxy) is 2. The minimum atomic E-state index is -0.0971. The van der Waals surface area contributed by atoms with Crippen LogP contribution in [0.15, 0.2) is 77.8 Å². The molecule has 0 bridgehead atoms. The summed E-state index contributed by atoms with van der Waals surface area (Å²) in [5, 5.41) is 0. The van der Waals surface area contributed by atoms with Gasteiger partial charge in [-0.05, 0) is 68.3 Å². The number of nitrogens with zero attached hydrogens (tertiary/aromatic N) is 2. The SMILES string of the molecule is CCOc1ccc(N2C(C)C(c3ccc(C)cc3)=NC2c2ccc(OC)cc2)cc1. The van der Waals surface area contributed by atoms with Crippen molar-refractivity contribution in [2.24, 2.45) is 4.99 Å². The van der Waals surface area contributed by atoms with Gasteiger partial charge in [-0.2, -0.15) is 0 Å². The first-order valence-corrected chi connectivity index (χ1v) is 10.4. The molecule has 1 aliphatic heterocycles. The highest BCUT2D eigenvalue weighted by Gasteiger charge is 2.35. The number of aliphatic imine (C=N–C) groups is 1. The van der Waals surface area contributed by atoms with Gasteiger partial charge in [0.15, 0.2) is 0 Å². The van der Waals surface area contributed by atoms with Crippen LogP contribution in [-0.4, -0.2) is 25.5 Å². The number of rotatable bonds is 6. The van der Waals surface area contributed by atoms with Crippen LogP contribution in [0, 0.1) is 6.92 Å². The van der Waals surface area contributed by atoms with Crippen LogP contribution >= 0.6 is 0 Å². The van der Waals surface area contributed by atoms with Gasteiger partial charge in [0.1, 0.15) is 17.7 Å². The van der Waals surface area contributed by atoms with E-state index in [4.69, 9.17) is 14.5 Å². The van der Waals surface area contributed by atoms with E-state index in [1.165, 1.54) is 11.1 Å². The van der Waals surface area contributed by atoms with Crippen molar-refractivity contribution >= 4 is 11.4 Å². The Labute approximate surface area is 178 Å². The maximum Gasteiger partial charge on any atom is 0.148 e. The Morgan fingerprint density at radius 3 is 2.10 bits per heavy atom. The van der Waals surface area contributed by atoms with Gasteiger partial charge < -0.3 is 14.4 Å². The first-order chi connectivity index (χ1) is 14.6. The Balaban J connectivity index is 1.74. The number of hydrogen-bond donors (Lipinski definition) is 0. The average molecular weight is 401 g/mol. The summed E-state index contributed by atoms with van der Waals surface area (Å²) in [6.45, 7) is 6.99. The van der Waals surface area contributed by atoms with Crippen molar-refractivity contribution in [1.29, 1.82) is 0 Å². The summed E-state index contributed by atoms with van der Waals surface area (Å²) in [7, 11) is 1.69. The van der Waals surface area contributed by atoms with E-state index < -0.39 is 0 Å². The van der Waals surface area contributed by atoms with Crippen LogP contribution in [0.1, 0.15) is 36.7 Å². The third-order valence-corrected chi connectivity index (χ3v) is 5.54. The van der Waals surface area contributed by atoms with E-state index in [1.54, 1.807) is 7.11 Å². The Bertz CT molecular complexity index is 1010. The van der Waals surface area contributed by atoms with E-state index in [2.05, 4.69) is 67.3 Å². The summed E-state index contributed by atoms with van der Waals surface area (Å²) in [4.78, 5) is 7.55. The smallest absolute Gasteiger partial charge is 0.148 e. The van der Waals surface area contributed by atoms with Crippen LogP contribution in [0.3, 0.4) is 0 Å². The van der Waals surface area contributed by atoms with E-state index in [0.29, 0.717) is 6.61 Å². The Morgan fingerprint density at radius 2 is 1.50 bits per heavy atom. The molecule has 1 heterocycles. The molecular weight excluding hydrogens is 372 g/mol. The second-order valence-electron chi connectivity index (χ2n) is 7.54. The van der Waals surface area contributed by atoms with Gasteiger partial charge in [0, 0.05) is 5.69 Å². The highest BCUT2D eigenvalue weighted by Crippen LogP contribution is 2.38. The van der Waals surface area contributed by atoms with Crippen LogP contribution in [0.2, 0.25) is 0 Å². The second-order valence-corrected chi connectivity index (χ2v) is 7.54. The molecule has 30 heavy (non-hydrogen) atoms. The van der Waals surface area contributed by atoms with E-state index in [9.17, 15) is 0 Å². The quantitative estimate of drug-likeness (QED) is 0.524. The lowest BCUT2D eigenvalue weighted by molar-refractivity contribution is 0.340. The predicted molar refractivity (Wildman–Crippen MR) is 123 cm³/mol. The molecule has 0 amide bonds. The molecule has 3 aromatic carbocycles. The van der Waals surface area contributed by atoms with Gasteiger partial charge in [-0.15, -0.1) is 0 Å². The van der Waals surface area contributed by atoms with Gasteiger partial charge in [0.25, 0.3) is 0 Å². The van der Waals surface area contributed by atoms with Crippen molar-refractivity contribution in [3.63, 3.8) is 0 Å². The number of hydrogen-bond acceptors (Lipinski definition) is 4. The fourth-order valence-electron chi connectivity index (χ4n) is 3.94. The van der Waals surface area contributed by atoms with Crippen molar-refractivity contribution in [3.05, 3.63) is 89.5 Å². The lowest BCUT2D eigenvalue weighted by atomic mass is 10.0. The summed E-state index contributed by atoms with van der Waals surface area (Å²) in [6.07, 6.45) is -0.0971. The minimum absolute atomic E-state index is 0.0971. The van der Waals surface area contributed by atoms with Gasteiger partial charge in [-0.1, -0.05) is 42.0 Å². The fraction of sp³-hybridized carbons (Fsp3) is 0.269. The molecule has 0 aromatic heterocycles. The van der Waals surface area contributed by atoms with Crippen LogP contribution in [0.25, 0.3) is 0 Å². The molecule has 0 saturated heterocycles. The van der Waals surface area contributed by atoms with E-state index in [-0.39, 0.29) is 12.2 Å². The molecule has 0 radical (unpaired) electrons. The monoisotopic (exact) mass is 400 g/mol. The molecule has 4 heteroatoms. The summed E-state index contributed by atoms with van der Waals surface area (Å²) >= 11 is 0. The van der Waals surface area contributed by atoms with Gasteiger partial charge in [0.2, 0.25) is 0 Å². The Morgan fingerprint density at radius 1 is 0.867 bits per heavy atom. The average Bonchev–Trinajstić information content (AvgIpc) is 3.12. The lowest BCUT2D eigenvalue weighted by Gasteiger charge is -2.30. The van der Waals surface area contributed by atoms with E-state index in [1.807, 2.05) is 31.2 Å². The number of benzene rings is 3. The lowest BCUT2D eigenvalue weighted by Crippen LogP contribution is -2.35. The van der Waals surface area contributed by atoms with Crippen LogP contribution < -0.4 is 14.4 Å². The molecule has 154 valence electrons. The zero-order valence-electron chi connectivity index (χ0n) is 18.0. The summed E-state index contributed by atoms with van der Waals surface area (Å²) in [5.74, 6) is 1.73. The molecule has 1 aliphatic rings. The molecule has 0 fully saturated rings. The zero-order valence-corrected chi connectivity index (χ0v) is 18.0. The van der Waals surface area contributed by atoms with Gasteiger partial charge >= 0.3 is 0 Å². The second kappa shape index (κ2) is 8.62. The molecule has 0 saturated carbocycles. The topological polar surface area (TPSA) is 34.1 Å². The first-order valence-electron chi connectivity index (χ1n) is 10.4. The normalized spacial score (nSPS) is 18.3. The summed E-state index contributed by atoms with van der Waals surface area (Å²) < 4.78 is 11.0. The standard InChI is InChI=1S/C26H28N2O2/c1-5-30-24-16-12-22(13-17-24)28-19(3)25(20-8-6-18(2)7-9-20)27-26(28)21-10-14-23(29-4)15-11-21/h6-17,19,26H,5H2,1-4H3. The van der Waals surface area contributed by atoms with Gasteiger partial charge in [0.05, 0.1) is 25.5 Å². The highest BCUT2D eigenvalue weighted by molar-refractivity contribution is 6.07. The predicted octanol–water partition coefficient (Wildman–Crippen LogP) is 5.80. The largest absolute Gasteiger partial charge is 0.497 e. The summed E-state index contributed by atoms with van der Waals surface area (Å²) in [5.41, 5.74) is 5.78. The third kappa shape index (κ3) is 3.90. The zero-order chi connectivity index (χ0) is 21.1. The summed E-state index contributed by atoms with van der Waals surface area (Å²) in [6, 6.07) is 25.2. The Kier molecular flexibility index (Phi) is 5.75. The van der Waals surface area contributed by atoms with Crippen LogP contribution in [0.4, 0.5) is 5.69 Å². The molecule has 0 spiro atoms. The van der Waals surface area contributed by atoms with Crippen LogP contribution in [-0.2, 0) is 0 Å². The van der Waals surface area contributed by atoms with Crippen LogP contribution in [0.5, 0.6) is 11.5 Å². The van der Waals surface area contributed by atoms with Crippen molar-refractivity contribution in [3.8, 4) is 11.5 Å². The van der Waals surface area contributed by atoms with Crippen molar-refractivity contribution in [2.75, 3.05) is 18.6 Å². The number of methoxy groups -OCH3 is 1. The number of anilines is 1. The molecule has 2 atom stereocenters. The molecule has 4 nitrogen and oxygen atoms in total. The number of aryl methyl sites for hydroxylation is 1. The molecule has 2 unspecified atom stereocenters. The highest BCUT2D eigenvalue weighted by atomic mass is 16.5. The van der Waals surface area contributed by atoms with Crippen molar-refractivity contribution in [2.45, 2.75) is 33.0 Å². The molecule has 0 N–H and O–H groups in total. The molecule has 0 aliphatic carbocycles. The molecule has 3 aromatic rings. The van der Waals surface area contributed by atoms with Gasteiger partial charge in [-0.25, -0.2) is 0 Å². The van der Waals surface area contributed by atoms with E-state index in [0.717, 1.165) is 28.5 Å². The third-order valence-electron chi connectivity index (χ3n) is 5.54. The molecular formula is C26H28N2O2. The van der Waals surface area contributed by atoms with E-state index >= 15 is 0 Å². The maximum absolute atomic E-state index is 5.63. The van der Waals surface area contributed by atoms with Crippen molar-refractivity contribution < 1.29 is 9.47 Å². The van der Waals surface area contributed by atoms with Gasteiger partial charge in [-0.3, -0.25) is 4.99 Å². The maximum atomic E-state index is 5.63. The Hall–Kier alpha value is -3.27. The van der Waals surface area contributed by atoms with Crippen molar-refractivity contribution in [1.82, 2.24) is 0 Å². The fourth-order valence-corrected chi connectivity index (χ4v) is 3.94.